The Bertz CT molecular complexity index is 712. The first-order valence-corrected chi connectivity index (χ1v) is 7.20. The van der Waals surface area contributed by atoms with Gasteiger partial charge in [0.1, 0.15) is 5.69 Å². The average molecular weight is 286 g/mol. The second-order valence-electron chi connectivity index (χ2n) is 5.48. The molecular weight excluding hydrogens is 268 g/mol. The Hall–Kier alpha value is -2.01. The van der Waals surface area contributed by atoms with E-state index < -0.39 is 0 Å². The predicted octanol–water partition coefficient (Wildman–Crippen LogP) is 2.45. The molecule has 0 aliphatic carbocycles. The zero-order chi connectivity index (χ0) is 15.0. The highest BCUT2D eigenvalue weighted by atomic mass is 16.5. The number of ether oxygens (including phenoxy) is 1. The highest BCUT2D eigenvalue weighted by Crippen LogP contribution is 2.27. The van der Waals surface area contributed by atoms with Crippen molar-refractivity contribution < 1.29 is 14.3 Å². The molecule has 1 fully saturated rings. The Balaban J connectivity index is 2.15. The van der Waals surface area contributed by atoms with Gasteiger partial charge in [-0.2, -0.15) is 5.10 Å². The second kappa shape index (κ2) is 5.41. The summed E-state index contributed by atoms with van der Waals surface area (Å²) < 4.78 is 6.93. The third-order valence-electron chi connectivity index (χ3n) is 4.13. The molecule has 0 unspecified atom stereocenters. The Morgan fingerprint density at radius 1 is 1.33 bits per heavy atom. The van der Waals surface area contributed by atoms with Crippen LogP contribution in [-0.2, 0) is 4.74 Å². The standard InChI is InChI=1S/C16H18N2O3/c1-10-14(11(2)19)13-4-3-7-17-18(13)15(10)16(20)12-5-8-21-9-6-12/h3-4,7,12H,5-6,8-9H2,1-2H3. The van der Waals surface area contributed by atoms with E-state index in [0.29, 0.717) is 30.0 Å². The fraction of sp³-hybridized carbons (Fsp3) is 0.438. The van der Waals surface area contributed by atoms with Crippen LogP contribution >= 0.6 is 0 Å². The lowest BCUT2D eigenvalue weighted by molar-refractivity contribution is 0.0540. The smallest absolute Gasteiger partial charge is 0.184 e. The molecule has 3 rings (SSSR count). The Morgan fingerprint density at radius 2 is 2.05 bits per heavy atom. The molecule has 1 aliphatic heterocycles. The predicted molar refractivity (Wildman–Crippen MR) is 77.8 cm³/mol. The van der Waals surface area contributed by atoms with Crippen molar-refractivity contribution in [3.63, 3.8) is 0 Å². The number of hydrogen-bond acceptors (Lipinski definition) is 4. The molecular formula is C16H18N2O3. The van der Waals surface area contributed by atoms with E-state index in [1.54, 1.807) is 16.8 Å². The summed E-state index contributed by atoms with van der Waals surface area (Å²) in [6, 6.07) is 3.61. The first kappa shape index (κ1) is 13.9. The van der Waals surface area contributed by atoms with Crippen LogP contribution in [0.3, 0.4) is 0 Å². The number of aromatic nitrogens is 2. The number of carbonyl (C=O) groups excluding carboxylic acids is 2. The molecule has 1 aliphatic rings. The molecule has 110 valence electrons. The lowest BCUT2D eigenvalue weighted by atomic mass is 9.91. The van der Waals surface area contributed by atoms with Gasteiger partial charge >= 0.3 is 0 Å². The summed E-state index contributed by atoms with van der Waals surface area (Å²) in [5, 5.41) is 4.27. The summed E-state index contributed by atoms with van der Waals surface area (Å²) >= 11 is 0. The van der Waals surface area contributed by atoms with Crippen LogP contribution in [0.5, 0.6) is 0 Å². The number of ketones is 2. The van der Waals surface area contributed by atoms with Gasteiger partial charge in [0.25, 0.3) is 0 Å². The van der Waals surface area contributed by atoms with Gasteiger partial charge in [0.15, 0.2) is 11.6 Å². The number of fused-ring (bicyclic) bond motifs is 1. The van der Waals surface area contributed by atoms with Gasteiger partial charge < -0.3 is 4.74 Å². The normalized spacial score (nSPS) is 16.3. The zero-order valence-corrected chi connectivity index (χ0v) is 12.3. The minimum atomic E-state index is -0.0441. The van der Waals surface area contributed by atoms with Gasteiger partial charge in [-0.15, -0.1) is 0 Å². The molecule has 3 heterocycles. The molecule has 0 bridgehead atoms. The maximum absolute atomic E-state index is 12.8. The van der Waals surface area contributed by atoms with Crippen molar-refractivity contribution in [2.45, 2.75) is 26.7 Å². The van der Waals surface area contributed by atoms with E-state index >= 15 is 0 Å². The quantitative estimate of drug-likeness (QED) is 0.813. The minimum absolute atomic E-state index is 0.0379. The van der Waals surface area contributed by atoms with Gasteiger partial charge in [0.05, 0.1) is 5.52 Å². The van der Waals surface area contributed by atoms with E-state index in [4.69, 9.17) is 4.74 Å². The Morgan fingerprint density at radius 3 is 2.71 bits per heavy atom. The number of rotatable bonds is 3. The number of hydrogen-bond donors (Lipinski definition) is 0. The van der Waals surface area contributed by atoms with Crippen LogP contribution in [0.25, 0.3) is 5.52 Å². The summed E-state index contributed by atoms with van der Waals surface area (Å²) in [5.41, 5.74) is 2.58. The lowest BCUT2D eigenvalue weighted by Crippen LogP contribution is -2.25. The summed E-state index contributed by atoms with van der Waals surface area (Å²) in [4.78, 5) is 24.8. The van der Waals surface area contributed by atoms with Gasteiger partial charge in [-0.3, -0.25) is 9.59 Å². The molecule has 2 aromatic heterocycles. The van der Waals surface area contributed by atoms with Crippen molar-refractivity contribution in [3.05, 3.63) is 35.2 Å². The maximum atomic E-state index is 12.8. The zero-order valence-electron chi connectivity index (χ0n) is 12.3. The first-order chi connectivity index (χ1) is 10.1. The number of carbonyl (C=O) groups is 2. The lowest BCUT2D eigenvalue weighted by Gasteiger charge is -2.20. The van der Waals surface area contributed by atoms with Crippen LogP contribution in [0, 0.1) is 12.8 Å². The number of Topliss-reactive ketones (excluding diaryl/α,β-unsaturated/α-hetero) is 2. The van der Waals surface area contributed by atoms with Crippen LogP contribution in [0.1, 0.15) is 46.2 Å². The van der Waals surface area contributed by atoms with Crippen LogP contribution in [0.4, 0.5) is 0 Å². The van der Waals surface area contributed by atoms with Crippen LogP contribution in [0.2, 0.25) is 0 Å². The first-order valence-electron chi connectivity index (χ1n) is 7.20. The Labute approximate surface area is 122 Å². The third kappa shape index (κ3) is 2.27. The molecule has 0 amide bonds. The van der Waals surface area contributed by atoms with E-state index in [1.165, 1.54) is 6.92 Å². The summed E-state index contributed by atoms with van der Waals surface area (Å²) in [7, 11) is 0. The molecule has 0 spiro atoms. The van der Waals surface area contributed by atoms with Crippen molar-refractivity contribution in [2.24, 2.45) is 5.92 Å². The van der Waals surface area contributed by atoms with Crippen LogP contribution in [0.15, 0.2) is 18.3 Å². The van der Waals surface area contributed by atoms with Crippen molar-refractivity contribution in [1.29, 1.82) is 0 Å². The minimum Gasteiger partial charge on any atom is -0.381 e. The summed E-state index contributed by atoms with van der Waals surface area (Å²) in [5.74, 6) is -0.0154. The maximum Gasteiger partial charge on any atom is 0.184 e. The van der Waals surface area contributed by atoms with Gasteiger partial charge in [0.2, 0.25) is 0 Å². The monoisotopic (exact) mass is 286 g/mol. The van der Waals surface area contributed by atoms with Gasteiger partial charge in [-0.05, 0) is 44.4 Å². The van der Waals surface area contributed by atoms with E-state index in [2.05, 4.69) is 5.10 Å². The van der Waals surface area contributed by atoms with E-state index in [1.807, 2.05) is 13.0 Å². The van der Waals surface area contributed by atoms with Crippen molar-refractivity contribution in [2.75, 3.05) is 13.2 Å². The molecule has 5 nitrogen and oxygen atoms in total. The molecule has 0 radical (unpaired) electrons. The van der Waals surface area contributed by atoms with E-state index in [-0.39, 0.29) is 17.5 Å². The van der Waals surface area contributed by atoms with Crippen molar-refractivity contribution in [3.8, 4) is 0 Å². The fourth-order valence-electron chi connectivity index (χ4n) is 3.10. The second-order valence-corrected chi connectivity index (χ2v) is 5.48. The van der Waals surface area contributed by atoms with E-state index in [9.17, 15) is 9.59 Å². The highest BCUT2D eigenvalue weighted by Gasteiger charge is 2.29. The molecule has 1 saturated heterocycles. The molecule has 0 atom stereocenters. The molecule has 21 heavy (non-hydrogen) atoms. The van der Waals surface area contributed by atoms with E-state index in [0.717, 1.165) is 18.4 Å². The summed E-state index contributed by atoms with van der Waals surface area (Å²) in [6.45, 7) is 4.59. The molecule has 0 aromatic carbocycles. The van der Waals surface area contributed by atoms with Crippen LogP contribution in [-0.4, -0.2) is 34.4 Å². The molecule has 0 N–H and O–H groups in total. The van der Waals surface area contributed by atoms with Gasteiger partial charge in [-0.25, -0.2) is 4.52 Å². The third-order valence-corrected chi connectivity index (χ3v) is 4.13. The van der Waals surface area contributed by atoms with Gasteiger partial charge in [-0.1, -0.05) is 0 Å². The summed E-state index contributed by atoms with van der Waals surface area (Å²) in [6.07, 6.45) is 3.10. The van der Waals surface area contributed by atoms with Crippen molar-refractivity contribution in [1.82, 2.24) is 9.61 Å². The van der Waals surface area contributed by atoms with Crippen LogP contribution < -0.4 is 0 Å². The largest absolute Gasteiger partial charge is 0.381 e. The molecule has 0 saturated carbocycles. The molecule has 2 aromatic rings. The molecule has 5 heteroatoms. The number of nitrogens with zero attached hydrogens (tertiary/aromatic N) is 2. The highest BCUT2D eigenvalue weighted by molar-refractivity contribution is 6.08. The van der Waals surface area contributed by atoms with Crippen molar-refractivity contribution >= 4 is 17.1 Å². The SMILES string of the molecule is CC(=O)c1c(C)c(C(=O)C2CCOCC2)n2ncccc12. The average Bonchev–Trinajstić information content (AvgIpc) is 2.79. The fourth-order valence-corrected chi connectivity index (χ4v) is 3.10. The topological polar surface area (TPSA) is 60.7 Å². The van der Waals surface area contributed by atoms with Gasteiger partial charge in [0, 0.05) is 30.9 Å². The Kier molecular flexibility index (Phi) is 3.59.